The van der Waals surface area contributed by atoms with Gasteiger partial charge < -0.3 is 14.9 Å². The SMILES string of the molecule is COCc1ccc(C(N)Cc2ccc(Br)cc2)o1. The van der Waals surface area contributed by atoms with Gasteiger partial charge in [0.1, 0.15) is 18.1 Å². The van der Waals surface area contributed by atoms with Crippen LogP contribution in [0.3, 0.4) is 0 Å². The molecule has 0 fully saturated rings. The van der Waals surface area contributed by atoms with Crippen molar-refractivity contribution >= 4 is 15.9 Å². The average Bonchev–Trinajstić information content (AvgIpc) is 2.81. The van der Waals surface area contributed by atoms with Crippen LogP contribution in [-0.4, -0.2) is 7.11 Å². The van der Waals surface area contributed by atoms with Gasteiger partial charge in [0.25, 0.3) is 0 Å². The summed E-state index contributed by atoms with van der Waals surface area (Å²) >= 11 is 3.41. The molecule has 1 unspecified atom stereocenters. The highest BCUT2D eigenvalue weighted by atomic mass is 79.9. The molecular weight excluding hydrogens is 294 g/mol. The summed E-state index contributed by atoms with van der Waals surface area (Å²) in [4.78, 5) is 0. The van der Waals surface area contributed by atoms with Crippen molar-refractivity contribution < 1.29 is 9.15 Å². The van der Waals surface area contributed by atoms with Crippen LogP contribution in [0.2, 0.25) is 0 Å². The maximum absolute atomic E-state index is 6.13. The van der Waals surface area contributed by atoms with Crippen LogP contribution < -0.4 is 5.73 Å². The van der Waals surface area contributed by atoms with Gasteiger partial charge in [-0.25, -0.2) is 0 Å². The first-order valence-corrected chi connectivity index (χ1v) is 6.56. The fourth-order valence-electron chi connectivity index (χ4n) is 1.79. The largest absolute Gasteiger partial charge is 0.462 e. The molecule has 1 atom stereocenters. The standard InChI is InChI=1S/C14H16BrNO2/c1-17-9-12-6-7-14(18-12)13(16)8-10-2-4-11(15)5-3-10/h2-7,13H,8-9,16H2,1H3. The molecule has 0 aliphatic heterocycles. The lowest BCUT2D eigenvalue weighted by Crippen LogP contribution is -2.12. The molecule has 3 nitrogen and oxygen atoms in total. The first-order valence-electron chi connectivity index (χ1n) is 5.76. The minimum atomic E-state index is -0.128. The third kappa shape index (κ3) is 3.45. The zero-order valence-corrected chi connectivity index (χ0v) is 11.8. The van der Waals surface area contributed by atoms with E-state index in [-0.39, 0.29) is 6.04 Å². The van der Waals surface area contributed by atoms with Gasteiger partial charge in [-0.1, -0.05) is 28.1 Å². The Labute approximate surface area is 115 Å². The molecule has 2 rings (SSSR count). The fraction of sp³-hybridized carbons (Fsp3) is 0.286. The summed E-state index contributed by atoms with van der Waals surface area (Å²) < 4.78 is 11.7. The van der Waals surface area contributed by atoms with Crippen LogP contribution in [0.5, 0.6) is 0 Å². The predicted molar refractivity (Wildman–Crippen MR) is 74.2 cm³/mol. The van der Waals surface area contributed by atoms with E-state index in [0.29, 0.717) is 6.61 Å². The minimum absolute atomic E-state index is 0.128. The molecule has 0 saturated carbocycles. The smallest absolute Gasteiger partial charge is 0.129 e. The Bertz CT molecular complexity index is 493. The molecule has 0 aliphatic rings. The number of hydrogen-bond donors (Lipinski definition) is 1. The first-order chi connectivity index (χ1) is 8.69. The number of nitrogens with two attached hydrogens (primary N) is 1. The van der Waals surface area contributed by atoms with Gasteiger partial charge in [0, 0.05) is 11.6 Å². The van der Waals surface area contributed by atoms with Crippen molar-refractivity contribution in [1.82, 2.24) is 0 Å². The van der Waals surface area contributed by atoms with E-state index in [1.165, 1.54) is 5.56 Å². The fourth-order valence-corrected chi connectivity index (χ4v) is 2.05. The highest BCUT2D eigenvalue weighted by Gasteiger charge is 2.11. The topological polar surface area (TPSA) is 48.4 Å². The van der Waals surface area contributed by atoms with Gasteiger partial charge >= 0.3 is 0 Å². The number of furan rings is 1. The van der Waals surface area contributed by atoms with Crippen molar-refractivity contribution in [3.8, 4) is 0 Å². The molecule has 18 heavy (non-hydrogen) atoms. The van der Waals surface area contributed by atoms with E-state index in [1.54, 1.807) is 7.11 Å². The summed E-state index contributed by atoms with van der Waals surface area (Å²) in [5, 5.41) is 0. The maximum atomic E-state index is 6.13. The molecule has 0 amide bonds. The van der Waals surface area contributed by atoms with E-state index >= 15 is 0 Å². The number of rotatable bonds is 5. The second-order valence-corrected chi connectivity index (χ2v) is 5.09. The number of ether oxygens (including phenoxy) is 1. The highest BCUT2D eigenvalue weighted by Crippen LogP contribution is 2.20. The Hall–Kier alpha value is -1.10. The molecule has 0 spiro atoms. The maximum Gasteiger partial charge on any atom is 0.129 e. The van der Waals surface area contributed by atoms with Gasteiger partial charge in [-0.05, 0) is 36.2 Å². The summed E-state index contributed by atoms with van der Waals surface area (Å²) in [7, 11) is 1.64. The molecule has 96 valence electrons. The van der Waals surface area contributed by atoms with Crippen LogP contribution in [0.15, 0.2) is 45.3 Å². The van der Waals surface area contributed by atoms with Crippen LogP contribution in [0.1, 0.15) is 23.1 Å². The molecule has 0 aliphatic carbocycles. The van der Waals surface area contributed by atoms with E-state index in [2.05, 4.69) is 28.1 Å². The van der Waals surface area contributed by atoms with Crippen molar-refractivity contribution in [2.45, 2.75) is 19.1 Å². The number of hydrogen-bond acceptors (Lipinski definition) is 3. The molecule has 2 N–H and O–H groups in total. The number of halogens is 1. The Morgan fingerprint density at radius 3 is 2.61 bits per heavy atom. The molecule has 0 bridgehead atoms. The molecule has 2 aromatic rings. The van der Waals surface area contributed by atoms with E-state index < -0.39 is 0 Å². The zero-order chi connectivity index (χ0) is 13.0. The van der Waals surface area contributed by atoms with E-state index in [0.717, 1.165) is 22.4 Å². The quantitative estimate of drug-likeness (QED) is 0.920. The van der Waals surface area contributed by atoms with Crippen LogP contribution in [0.4, 0.5) is 0 Å². The molecule has 1 aromatic carbocycles. The summed E-state index contributed by atoms with van der Waals surface area (Å²) in [5.74, 6) is 1.60. The lowest BCUT2D eigenvalue weighted by molar-refractivity contribution is 0.162. The van der Waals surface area contributed by atoms with E-state index in [1.807, 2.05) is 24.3 Å². The van der Waals surface area contributed by atoms with Crippen molar-refractivity contribution in [2.75, 3.05) is 7.11 Å². The number of benzene rings is 1. The highest BCUT2D eigenvalue weighted by molar-refractivity contribution is 9.10. The van der Waals surface area contributed by atoms with E-state index in [9.17, 15) is 0 Å². The summed E-state index contributed by atoms with van der Waals surface area (Å²) in [6, 6.07) is 11.8. The van der Waals surface area contributed by atoms with Crippen LogP contribution in [0, 0.1) is 0 Å². The molecule has 1 aromatic heterocycles. The van der Waals surface area contributed by atoms with Crippen molar-refractivity contribution in [2.24, 2.45) is 5.73 Å². The van der Waals surface area contributed by atoms with Gasteiger partial charge in [-0.15, -0.1) is 0 Å². The van der Waals surface area contributed by atoms with Crippen molar-refractivity contribution in [3.63, 3.8) is 0 Å². The van der Waals surface area contributed by atoms with Gasteiger partial charge in [0.15, 0.2) is 0 Å². The van der Waals surface area contributed by atoms with Gasteiger partial charge in [-0.3, -0.25) is 0 Å². The Kier molecular flexibility index (Phi) is 4.58. The summed E-state index contributed by atoms with van der Waals surface area (Å²) in [5.41, 5.74) is 7.32. The van der Waals surface area contributed by atoms with Crippen molar-refractivity contribution in [1.29, 1.82) is 0 Å². The zero-order valence-electron chi connectivity index (χ0n) is 10.2. The predicted octanol–water partition coefficient (Wildman–Crippen LogP) is 3.43. The molecule has 4 heteroatoms. The molecule has 1 heterocycles. The lowest BCUT2D eigenvalue weighted by Gasteiger charge is -2.09. The first kappa shape index (κ1) is 13.3. The Balaban J connectivity index is 2.02. The van der Waals surface area contributed by atoms with Crippen molar-refractivity contribution in [3.05, 3.63) is 58.0 Å². The molecule has 0 radical (unpaired) electrons. The molecular formula is C14H16BrNO2. The molecule has 0 saturated heterocycles. The van der Waals surface area contributed by atoms with E-state index in [4.69, 9.17) is 14.9 Å². The monoisotopic (exact) mass is 309 g/mol. The normalized spacial score (nSPS) is 12.6. The third-order valence-electron chi connectivity index (χ3n) is 2.70. The minimum Gasteiger partial charge on any atom is -0.462 e. The van der Waals surface area contributed by atoms with Crippen LogP contribution >= 0.6 is 15.9 Å². The van der Waals surface area contributed by atoms with Gasteiger partial charge in [0.2, 0.25) is 0 Å². The van der Waals surface area contributed by atoms with Gasteiger partial charge in [0.05, 0.1) is 6.04 Å². The third-order valence-corrected chi connectivity index (χ3v) is 3.23. The Morgan fingerprint density at radius 1 is 1.22 bits per heavy atom. The second kappa shape index (κ2) is 6.18. The Morgan fingerprint density at radius 2 is 1.94 bits per heavy atom. The summed E-state index contributed by atoms with van der Waals surface area (Å²) in [6.45, 7) is 0.477. The summed E-state index contributed by atoms with van der Waals surface area (Å²) in [6.07, 6.45) is 0.757. The number of methoxy groups -OCH3 is 1. The van der Waals surface area contributed by atoms with Crippen LogP contribution in [0.25, 0.3) is 0 Å². The van der Waals surface area contributed by atoms with Crippen LogP contribution in [-0.2, 0) is 17.8 Å². The average molecular weight is 310 g/mol. The second-order valence-electron chi connectivity index (χ2n) is 4.17. The van der Waals surface area contributed by atoms with Gasteiger partial charge in [-0.2, -0.15) is 0 Å². The lowest BCUT2D eigenvalue weighted by atomic mass is 10.1.